The van der Waals surface area contributed by atoms with E-state index in [1.807, 2.05) is 6.92 Å². The van der Waals surface area contributed by atoms with Crippen molar-refractivity contribution in [1.29, 1.82) is 0 Å². The number of fused-ring (bicyclic) bond motifs is 1. The van der Waals surface area contributed by atoms with Crippen LogP contribution in [0, 0.1) is 0 Å². The van der Waals surface area contributed by atoms with Gasteiger partial charge in [-0.15, -0.1) is 11.3 Å². The fourth-order valence-electron chi connectivity index (χ4n) is 3.21. The van der Waals surface area contributed by atoms with E-state index in [0.717, 1.165) is 24.1 Å². The molecule has 1 aliphatic heterocycles. The summed E-state index contributed by atoms with van der Waals surface area (Å²) in [7, 11) is -6.87. The van der Waals surface area contributed by atoms with Gasteiger partial charge >= 0.3 is 0 Å². The van der Waals surface area contributed by atoms with E-state index in [2.05, 4.69) is 25.7 Å². The Hall–Kier alpha value is -0.440. The van der Waals surface area contributed by atoms with E-state index >= 15 is 0 Å². The third-order valence-electron chi connectivity index (χ3n) is 4.35. The maximum absolute atomic E-state index is 12.6. The van der Waals surface area contributed by atoms with E-state index in [-0.39, 0.29) is 20.0 Å². The first kappa shape index (κ1) is 18.9. The van der Waals surface area contributed by atoms with Crippen LogP contribution in [0.1, 0.15) is 52.6 Å². The van der Waals surface area contributed by atoms with Crippen molar-refractivity contribution in [3.8, 4) is 0 Å². The molecule has 0 fully saturated rings. The monoisotopic (exact) mass is 379 g/mol. The molecule has 1 aromatic rings. The Labute approximate surface area is 143 Å². The lowest BCUT2D eigenvalue weighted by Gasteiger charge is -2.43. The zero-order chi connectivity index (χ0) is 17.8. The lowest BCUT2D eigenvalue weighted by atomic mass is 9.96. The second-order valence-electron chi connectivity index (χ2n) is 7.14. The maximum atomic E-state index is 12.6. The Morgan fingerprint density at radius 2 is 1.91 bits per heavy atom. The molecule has 132 valence electrons. The Bertz CT molecular complexity index is 800. The minimum atomic E-state index is -3.45. The standard InChI is InChI=1S/C15H25NO4S3/c1-7-16(15(3,4)5)12-8-10(2)23(19,20)14-11(12)9-13(21-14)22(6,17)18/h9-10,12H,7-8H2,1-6H3/t10-,12-/m0/s1. The first-order chi connectivity index (χ1) is 10.3. The zero-order valence-corrected chi connectivity index (χ0v) is 16.9. The Morgan fingerprint density at radius 1 is 1.35 bits per heavy atom. The van der Waals surface area contributed by atoms with Gasteiger partial charge in [-0.25, -0.2) is 16.8 Å². The van der Waals surface area contributed by atoms with Gasteiger partial charge in [0.2, 0.25) is 0 Å². The number of hydrogen-bond acceptors (Lipinski definition) is 6. The molecule has 0 saturated carbocycles. The molecule has 0 radical (unpaired) electrons. The molecule has 8 heteroatoms. The van der Waals surface area contributed by atoms with E-state index < -0.39 is 24.9 Å². The third kappa shape index (κ3) is 3.36. The molecular weight excluding hydrogens is 354 g/mol. The Kier molecular flexibility index (Phi) is 4.78. The van der Waals surface area contributed by atoms with Crippen LogP contribution in [-0.2, 0) is 19.7 Å². The second-order valence-corrected chi connectivity index (χ2v) is 13.0. The molecule has 1 aliphatic rings. The van der Waals surface area contributed by atoms with Gasteiger partial charge in [0.05, 0.1) is 5.25 Å². The van der Waals surface area contributed by atoms with Gasteiger partial charge in [-0.1, -0.05) is 6.92 Å². The molecule has 1 aromatic heterocycles. The molecule has 0 unspecified atom stereocenters. The minimum Gasteiger partial charge on any atom is -0.292 e. The van der Waals surface area contributed by atoms with Gasteiger partial charge in [0.25, 0.3) is 0 Å². The molecule has 0 N–H and O–H groups in total. The van der Waals surface area contributed by atoms with Crippen LogP contribution >= 0.6 is 11.3 Å². The summed E-state index contributed by atoms with van der Waals surface area (Å²) in [5, 5.41) is -0.512. The number of sulfone groups is 2. The predicted octanol–water partition coefficient (Wildman–Crippen LogP) is 2.88. The van der Waals surface area contributed by atoms with E-state index in [0.29, 0.717) is 12.0 Å². The van der Waals surface area contributed by atoms with Crippen molar-refractivity contribution in [3.63, 3.8) is 0 Å². The first-order valence-electron chi connectivity index (χ1n) is 7.64. The van der Waals surface area contributed by atoms with Crippen molar-refractivity contribution in [2.24, 2.45) is 0 Å². The summed E-state index contributed by atoms with van der Waals surface area (Å²) < 4.78 is 49.4. The minimum absolute atomic E-state index is 0.0831. The number of thiophene rings is 1. The molecule has 2 atom stereocenters. The zero-order valence-electron chi connectivity index (χ0n) is 14.5. The van der Waals surface area contributed by atoms with Gasteiger partial charge in [-0.05, 0) is 46.7 Å². The van der Waals surface area contributed by atoms with E-state index in [4.69, 9.17) is 0 Å². The van der Waals surface area contributed by atoms with Crippen LogP contribution in [0.5, 0.6) is 0 Å². The molecule has 0 spiro atoms. The van der Waals surface area contributed by atoms with Crippen LogP contribution < -0.4 is 0 Å². The van der Waals surface area contributed by atoms with Gasteiger partial charge in [-0.2, -0.15) is 0 Å². The SMILES string of the molecule is CCN([C@H]1C[C@H](C)S(=O)(=O)c2sc(S(C)(=O)=O)cc21)C(C)(C)C. The quantitative estimate of drug-likeness (QED) is 0.807. The van der Waals surface area contributed by atoms with E-state index in [1.54, 1.807) is 13.0 Å². The van der Waals surface area contributed by atoms with Crippen LogP contribution in [-0.4, -0.2) is 45.3 Å². The van der Waals surface area contributed by atoms with E-state index in [9.17, 15) is 16.8 Å². The molecule has 2 rings (SSSR count). The van der Waals surface area contributed by atoms with Crippen molar-refractivity contribution in [1.82, 2.24) is 4.90 Å². The summed E-state index contributed by atoms with van der Waals surface area (Å²) in [6.45, 7) is 10.8. The molecule has 0 saturated heterocycles. The summed E-state index contributed by atoms with van der Waals surface area (Å²) >= 11 is 0.893. The molecule has 0 amide bonds. The number of hydrogen-bond donors (Lipinski definition) is 0. The summed E-state index contributed by atoms with van der Waals surface area (Å²) in [4.78, 5) is 2.25. The van der Waals surface area contributed by atoms with Crippen LogP contribution in [0.2, 0.25) is 0 Å². The summed E-state index contributed by atoms with van der Waals surface area (Å²) in [6.07, 6.45) is 1.61. The van der Waals surface area contributed by atoms with Gasteiger partial charge in [0.15, 0.2) is 19.7 Å². The van der Waals surface area contributed by atoms with Crippen molar-refractivity contribution in [2.75, 3.05) is 12.8 Å². The highest BCUT2D eigenvalue weighted by Crippen LogP contribution is 2.46. The molecule has 0 aromatic carbocycles. The van der Waals surface area contributed by atoms with Crippen LogP contribution in [0.3, 0.4) is 0 Å². The third-order valence-corrected chi connectivity index (χ3v) is 10.0. The fraction of sp³-hybridized carbons (Fsp3) is 0.733. The van der Waals surface area contributed by atoms with Gasteiger partial charge in [0.1, 0.15) is 8.42 Å². The molecule has 23 heavy (non-hydrogen) atoms. The number of rotatable bonds is 3. The molecule has 5 nitrogen and oxygen atoms in total. The highest BCUT2D eigenvalue weighted by molar-refractivity contribution is 7.96. The highest BCUT2D eigenvalue weighted by Gasteiger charge is 2.43. The summed E-state index contributed by atoms with van der Waals surface area (Å²) in [5.74, 6) is 0. The van der Waals surface area contributed by atoms with Crippen LogP contribution in [0.4, 0.5) is 0 Å². The van der Waals surface area contributed by atoms with Crippen molar-refractivity contribution in [2.45, 2.75) is 66.3 Å². The number of nitrogens with zero attached hydrogens (tertiary/aromatic N) is 1. The Morgan fingerprint density at radius 3 is 2.35 bits per heavy atom. The van der Waals surface area contributed by atoms with Gasteiger partial charge in [0, 0.05) is 23.4 Å². The first-order valence-corrected chi connectivity index (χ1v) is 11.9. The second kappa shape index (κ2) is 5.82. The largest absolute Gasteiger partial charge is 0.292 e. The smallest absolute Gasteiger partial charge is 0.190 e. The van der Waals surface area contributed by atoms with Crippen molar-refractivity contribution >= 4 is 31.0 Å². The van der Waals surface area contributed by atoms with Gasteiger partial charge < -0.3 is 0 Å². The topological polar surface area (TPSA) is 71.5 Å². The molecule has 0 aliphatic carbocycles. The maximum Gasteiger partial charge on any atom is 0.190 e. The highest BCUT2D eigenvalue weighted by atomic mass is 32.3. The van der Waals surface area contributed by atoms with Crippen molar-refractivity contribution in [3.05, 3.63) is 11.6 Å². The average Bonchev–Trinajstić information content (AvgIpc) is 2.80. The summed E-state index contributed by atoms with van der Waals surface area (Å²) in [6, 6.07) is 1.48. The normalized spacial score (nSPS) is 24.7. The average molecular weight is 380 g/mol. The van der Waals surface area contributed by atoms with Crippen molar-refractivity contribution < 1.29 is 16.8 Å². The lowest BCUT2D eigenvalue weighted by molar-refractivity contribution is 0.0800. The van der Waals surface area contributed by atoms with Crippen LogP contribution in [0.15, 0.2) is 14.5 Å². The molecule has 0 bridgehead atoms. The summed E-state index contributed by atoms with van der Waals surface area (Å²) in [5.41, 5.74) is 0.510. The molecule has 2 heterocycles. The van der Waals surface area contributed by atoms with E-state index in [1.165, 1.54) is 0 Å². The lowest BCUT2D eigenvalue weighted by Crippen LogP contribution is -2.46. The molecular formula is C15H25NO4S3. The van der Waals surface area contributed by atoms with Gasteiger partial charge in [-0.3, -0.25) is 4.90 Å². The fourth-order valence-corrected chi connectivity index (χ4v) is 7.80. The Balaban J connectivity index is 2.70. The van der Waals surface area contributed by atoms with Crippen LogP contribution in [0.25, 0.3) is 0 Å². The predicted molar refractivity (Wildman–Crippen MR) is 93.6 cm³/mol.